The zero-order valence-corrected chi connectivity index (χ0v) is 14.0. The molecule has 0 saturated heterocycles. The van der Waals surface area contributed by atoms with Crippen LogP contribution in [-0.4, -0.2) is 40.9 Å². The van der Waals surface area contributed by atoms with E-state index in [9.17, 15) is 18.2 Å². The number of hydrogen-bond donors (Lipinski definition) is 3. The molecule has 4 rings (SSSR count). The number of aromatic nitrogens is 2. The van der Waals surface area contributed by atoms with Crippen LogP contribution in [0.25, 0.3) is 16.6 Å². The second-order valence-electron chi connectivity index (χ2n) is 6.91. The molecule has 0 spiro atoms. The molecule has 0 unspecified atom stereocenters. The molecule has 0 aromatic carbocycles. The zero-order valence-electron chi connectivity index (χ0n) is 14.0. The molecule has 2 aliphatic rings. The predicted molar refractivity (Wildman–Crippen MR) is 92.5 cm³/mol. The first-order valence-corrected chi connectivity index (χ1v) is 8.74. The lowest BCUT2D eigenvalue weighted by Crippen LogP contribution is -2.39. The highest BCUT2D eigenvalue weighted by atomic mass is 19.4. The third kappa shape index (κ3) is 3.46. The van der Waals surface area contributed by atoms with Gasteiger partial charge in [0.15, 0.2) is 0 Å². The molecule has 2 aromatic rings. The highest BCUT2D eigenvalue weighted by molar-refractivity contribution is 6.52. The van der Waals surface area contributed by atoms with Crippen LogP contribution in [0.4, 0.5) is 13.2 Å². The van der Waals surface area contributed by atoms with E-state index in [2.05, 4.69) is 15.3 Å². The first-order chi connectivity index (χ1) is 12.4. The van der Waals surface area contributed by atoms with Gasteiger partial charge in [0.05, 0.1) is 12.7 Å². The van der Waals surface area contributed by atoms with E-state index in [4.69, 9.17) is 4.65 Å². The molecule has 2 aromatic heterocycles. The van der Waals surface area contributed by atoms with E-state index in [0.717, 1.165) is 35.0 Å². The smallest absolute Gasteiger partial charge is 0.531 e. The molecular weight excluding hydrogens is 346 g/mol. The number of nitrogens with zero attached hydrogens (tertiary/aromatic N) is 1. The lowest BCUT2D eigenvalue weighted by molar-refractivity contribution is -0.126. The molecular formula is C17H19BF3N3O2. The van der Waals surface area contributed by atoms with Gasteiger partial charge < -0.3 is 20.0 Å². The average molecular weight is 365 g/mol. The molecule has 1 aliphatic heterocycles. The minimum Gasteiger partial charge on any atom is -0.531 e. The van der Waals surface area contributed by atoms with Gasteiger partial charge in [0.1, 0.15) is 11.4 Å². The largest absolute Gasteiger partial charge is 0.552 e. The molecule has 0 atom stereocenters. The van der Waals surface area contributed by atoms with Gasteiger partial charge in [0.2, 0.25) is 0 Å². The minimum absolute atomic E-state index is 0.123. The molecule has 1 fully saturated rings. The highest BCUT2D eigenvalue weighted by Crippen LogP contribution is 2.43. The van der Waals surface area contributed by atoms with Gasteiger partial charge in [0.25, 0.3) is 0 Å². The first-order valence-electron chi connectivity index (χ1n) is 8.74. The Morgan fingerprint density at radius 3 is 2.81 bits per heavy atom. The van der Waals surface area contributed by atoms with E-state index >= 15 is 0 Å². The Morgan fingerprint density at radius 1 is 1.31 bits per heavy atom. The fraction of sp³-hybridized carbons (Fsp3) is 0.471. The number of rotatable bonds is 3. The SMILES string of the molecule is OB1C=C(C2CCC(NCC(F)(F)F)CC2)c2c(cnc3[nH]ccc23)O1. The molecule has 5 nitrogen and oxygen atoms in total. The van der Waals surface area contributed by atoms with Crippen LogP contribution in [0.2, 0.25) is 0 Å². The second kappa shape index (κ2) is 6.63. The molecule has 9 heteroatoms. The van der Waals surface area contributed by atoms with Crippen LogP contribution >= 0.6 is 0 Å². The second-order valence-corrected chi connectivity index (χ2v) is 6.91. The molecule has 138 valence electrons. The molecule has 3 heterocycles. The van der Waals surface area contributed by atoms with Gasteiger partial charge in [-0.1, -0.05) is 0 Å². The normalized spacial score (nSPS) is 23.5. The van der Waals surface area contributed by atoms with E-state index in [1.807, 2.05) is 6.07 Å². The number of pyridine rings is 1. The Hall–Kier alpha value is -2.00. The van der Waals surface area contributed by atoms with Gasteiger partial charge in [-0.15, -0.1) is 0 Å². The fourth-order valence-electron chi connectivity index (χ4n) is 3.99. The molecule has 0 bridgehead atoms. The Balaban J connectivity index is 1.53. The van der Waals surface area contributed by atoms with E-state index in [1.165, 1.54) is 0 Å². The Morgan fingerprint density at radius 2 is 2.08 bits per heavy atom. The van der Waals surface area contributed by atoms with E-state index in [1.54, 1.807) is 18.4 Å². The Bertz CT molecular complexity index is 828. The quantitative estimate of drug-likeness (QED) is 0.732. The summed E-state index contributed by atoms with van der Waals surface area (Å²) in [5.74, 6) is 2.43. The van der Waals surface area contributed by atoms with E-state index in [0.29, 0.717) is 18.6 Å². The summed E-state index contributed by atoms with van der Waals surface area (Å²) in [4.78, 5) is 7.36. The number of halogens is 3. The fourth-order valence-corrected chi connectivity index (χ4v) is 3.99. The molecule has 1 aliphatic carbocycles. The van der Waals surface area contributed by atoms with Crippen molar-refractivity contribution in [2.75, 3.05) is 6.54 Å². The van der Waals surface area contributed by atoms with Crippen molar-refractivity contribution < 1.29 is 22.8 Å². The topological polar surface area (TPSA) is 70.2 Å². The lowest BCUT2D eigenvalue weighted by Gasteiger charge is -2.33. The Labute approximate surface area is 148 Å². The van der Waals surface area contributed by atoms with Crippen LogP contribution in [0.5, 0.6) is 5.75 Å². The lowest BCUT2D eigenvalue weighted by atomic mass is 9.72. The zero-order chi connectivity index (χ0) is 18.3. The van der Waals surface area contributed by atoms with Crippen molar-refractivity contribution in [3.63, 3.8) is 0 Å². The number of alkyl halides is 3. The summed E-state index contributed by atoms with van der Waals surface area (Å²) >= 11 is 0. The summed E-state index contributed by atoms with van der Waals surface area (Å²) in [5.41, 5.74) is 2.67. The molecule has 26 heavy (non-hydrogen) atoms. The van der Waals surface area contributed by atoms with Crippen molar-refractivity contribution in [2.45, 2.75) is 37.9 Å². The summed E-state index contributed by atoms with van der Waals surface area (Å²) in [7, 11) is -1.03. The summed E-state index contributed by atoms with van der Waals surface area (Å²) < 4.78 is 42.6. The van der Waals surface area contributed by atoms with Crippen LogP contribution in [0.3, 0.4) is 0 Å². The number of aromatic amines is 1. The van der Waals surface area contributed by atoms with Gasteiger partial charge in [-0.25, -0.2) is 4.98 Å². The maximum Gasteiger partial charge on any atom is 0.552 e. The number of H-pyrrole nitrogens is 1. The van der Waals surface area contributed by atoms with Crippen LogP contribution in [0.15, 0.2) is 24.4 Å². The van der Waals surface area contributed by atoms with Crippen molar-refractivity contribution in [3.8, 4) is 5.75 Å². The molecule has 0 amide bonds. The Kier molecular flexibility index (Phi) is 4.44. The van der Waals surface area contributed by atoms with Gasteiger partial charge >= 0.3 is 13.3 Å². The summed E-state index contributed by atoms with van der Waals surface area (Å²) in [6, 6.07) is 1.80. The third-order valence-electron chi connectivity index (χ3n) is 5.17. The number of allylic oxidation sites excluding steroid dienone is 1. The number of nitrogens with one attached hydrogen (secondary N) is 2. The summed E-state index contributed by atoms with van der Waals surface area (Å²) in [5, 5.41) is 13.6. The summed E-state index contributed by atoms with van der Waals surface area (Å²) in [6.07, 6.45) is 2.09. The average Bonchev–Trinajstić information content (AvgIpc) is 3.07. The number of hydrogen-bond acceptors (Lipinski definition) is 4. The van der Waals surface area contributed by atoms with Gasteiger partial charge in [-0.3, -0.25) is 0 Å². The maximum absolute atomic E-state index is 12.4. The van der Waals surface area contributed by atoms with E-state index in [-0.39, 0.29) is 12.0 Å². The standard InChI is InChI=1S/C17H19BF3N3O2/c19-17(20,21)9-24-11-3-1-10(2-4-11)13-7-18(25)26-14-8-23-16-12(15(13)14)5-6-22-16/h5-8,10-11,24-25H,1-4,9H2,(H,22,23). The van der Waals surface area contributed by atoms with Crippen molar-refractivity contribution >= 4 is 23.7 Å². The van der Waals surface area contributed by atoms with Gasteiger partial charge in [0, 0.05) is 23.2 Å². The summed E-state index contributed by atoms with van der Waals surface area (Å²) in [6.45, 7) is -0.948. The molecule has 3 N–H and O–H groups in total. The van der Waals surface area contributed by atoms with Crippen molar-refractivity contribution in [1.82, 2.24) is 15.3 Å². The van der Waals surface area contributed by atoms with Gasteiger partial charge in [-0.2, -0.15) is 13.2 Å². The van der Waals surface area contributed by atoms with Crippen LogP contribution < -0.4 is 9.97 Å². The maximum atomic E-state index is 12.4. The highest BCUT2D eigenvalue weighted by Gasteiger charge is 2.34. The van der Waals surface area contributed by atoms with Crippen molar-refractivity contribution in [1.29, 1.82) is 0 Å². The number of fused-ring (bicyclic) bond motifs is 3. The molecule has 0 radical (unpaired) electrons. The van der Waals surface area contributed by atoms with Crippen LogP contribution in [0, 0.1) is 5.92 Å². The first kappa shape index (κ1) is 17.4. The van der Waals surface area contributed by atoms with Crippen molar-refractivity contribution in [2.24, 2.45) is 5.92 Å². The predicted octanol–water partition coefficient (Wildman–Crippen LogP) is 3.07. The van der Waals surface area contributed by atoms with Gasteiger partial charge in [-0.05, 0) is 49.2 Å². The monoisotopic (exact) mass is 365 g/mol. The van der Waals surface area contributed by atoms with Crippen LogP contribution in [0.1, 0.15) is 31.2 Å². The van der Waals surface area contributed by atoms with Crippen molar-refractivity contribution in [3.05, 3.63) is 30.0 Å². The van der Waals surface area contributed by atoms with E-state index < -0.39 is 19.8 Å². The molecule has 1 saturated carbocycles. The third-order valence-corrected chi connectivity index (χ3v) is 5.17. The minimum atomic E-state index is -4.18. The van der Waals surface area contributed by atoms with Crippen LogP contribution in [-0.2, 0) is 0 Å².